The number of carbonyl (C=O) groups excluding carboxylic acids is 2. The van der Waals surface area contributed by atoms with Crippen molar-refractivity contribution < 1.29 is 19.1 Å². The Morgan fingerprint density at radius 1 is 0.690 bits per heavy atom. The predicted octanol–water partition coefficient (Wildman–Crippen LogP) is 2.89. The minimum atomic E-state index is -0.185. The average Bonchev–Trinajstić information content (AvgIpc) is 2.76. The van der Waals surface area contributed by atoms with Crippen molar-refractivity contribution in [3.63, 3.8) is 0 Å². The quantitative estimate of drug-likeness (QED) is 0.539. The van der Waals surface area contributed by atoms with E-state index in [0.717, 1.165) is 12.8 Å². The van der Waals surface area contributed by atoms with Gasteiger partial charge < -0.3 is 20.1 Å². The third kappa shape index (κ3) is 8.68. The maximum Gasteiger partial charge on any atom is 0.257 e. The highest BCUT2D eigenvalue weighted by molar-refractivity contribution is 5.78. The monoisotopic (exact) mass is 398 g/mol. The lowest BCUT2D eigenvalue weighted by Crippen LogP contribution is -2.34. The van der Waals surface area contributed by atoms with E-state index >= 15 is 0 Å². The lowest BCUT2D eigenvalue weighted by Gasteiger charge is -2.09. The maximum atomic E-state index is 11.8. The molecule has 0 aromatic heterocycles. The first kappa shape index (κ1) is 22.3. The molecule has 0 aliphatic heterocycles. The zero-order chi connectivity index (χ0) is 20.9. The predicted molar refractivity (Wildman–Crippen MR) is 113 cm³/mol. The van der Waals surface area contributed by atoms with E-state index in [1.807, 2.05) is 48.5 Å². The molecule has 2 aromatic rings. The van der Waals surface area contributed by atoms with Crippen molar-refractivity contribution >= 4 is 11.8 Å². The van der Waals surface area contributed by atoms with Crippen LogP contribution in [0.25, 0.3) is 0 Å². The molecule has 0 spiro atoms. The van der Waals surface area contributed by atoms with Crippen LogP contribution in [0.4, 0.5) is 0 Å². The van der Waals surface area contributed by atoms with Crippen LogP contribution in [0.2, 0.25) is 0 Å². The third-order valence-corrected chi connectivity index (χ3v) is 4.40. The number of aryl methyl sites for hydroxylation is 2. The van der Waals surface area contributed by atoms with Gasteiger partial charge in [0.05, 0.1) is 0 Å². The first-order valence-electron chi connectivity index (χ1n) is 10.1. The fourth-order valence-corrected chi connectivity index (χ4v) is 2.59. The van der Waals surface area contributed by atoms with Crippen molar-refractivity contribution in [2.24, 2.45) is 0 Å². The van der Waals surface area contributed by atoms with Gasteiger partial charge in [0.25, 0.3) is 11.8 Å². The van der Waals surface area contributed by atoms with E-state index < -0.39 is 0 Å². The molecule has 0 atom stereocenters. The first-order chi connectivity index (χ1) is 14.1. The van der Waals surface area contributed by atoms with Gasteiger partial charge in [-0.1, -0.05) is 38.1 Å². The molecule has 0 unspecified atom stereocenters. The van der Waals surface area contributed by atoms with Gasteiger partial charge in [-0.2, -0.15) is 0 Å². The molecular formula is C23H30N2O4. The lowest BCUT2D eigenvalue weighted by atomic mass is 10.2. The Hall–Kier alpha value is -3.02. The highest BCUT2D eigenvalue weighted by Crippen LogP contribution is 2.13. The van der Waals surface area contributed by atoms with Crippen LogP contribution in [0.5, 0.6) is 11.5 Å². The van der Waals surface area contributed by atoms with Crippen molar-refractivity contribution in [1.82, 2.24) is 10.6 Å². The van der Waals surface area contributed by atoms with Crippen LogP contribution in [0.1, 0.15) is 31.4 Å². The number of nitrogens with one attached hydrogen (secondary N) is 2. The molecule has 0 fully saturated rings. The SMILES string of the molecule is CCc1ccc(OCC(=O)NCCCNC(=O)COc2ccc(CC)cc2)cc1. The molecule has 2 amide bonds. The highest BCUT2D eigenvalue weighted by Gasteiger charge is 2.04. The van der Waals surface area contributed by atoms with Gasteiger partial charge in [-0.05, 0) is 54.7 Å². The van der Waals surface area contributed by atoms with Gasteiger partial charge >= 0.3 is 0 Å². The first-order valence-corrected chi connectivity index (χ1v) is 10.1. The van der Waals surface area contributed by atoms with Crippen LogP contribution in [0, 0.1) is 0 Å². The van der Waals surface area contributed by atoms with Gasteiger partial charge in [0.1, 0.15) is 11.5 Å². The topological polar surface area (TPSA) is 76.7 Å². The number of hydrogen-bond acceptors (Lipinski definition) is 4. The summed E-state index contributed by atoms with van der Waals surface area (Å²) in [6.07, 6.45) is 2.57. The van der Waals surface area contributed by atoms with Crippen LogP contribution >= 0.6 is 0 Å². The summed E-state index contributed by atoms with van der Waals surface area (Å²) in [5.41, 5.74) is 2.45. The molecule has 156 valence electrons. The Morgan fingerprint density at radius 3 is 1.41 bits per heavy atom. The van der Waals surface area contributed by atoms with Gasteiger partial charge in [-0.3, -0.25) is 9.59 Å². The van der Waals surface area contributed by atoms with E-state index in [-0.39, 0.29) is 25.0 Å². The summed E-state index contributed by atoms with van der Waals surface area (Å²) >= 11 is 0. The molecule has 6 heteroatoms. The number of benzene rings is 2. The van der Waals surface area contributed by atoms with E-state index in [4.69, 9.17) is 9.47 Å². The third-order valence-electron chi connectivity index (χ3n) is 4.40. The molecular weight excluding hydrogens is 368 g/mol. The molecule has 0 saturated carbocycles. The molecule has 0 heterocycles. The molecule has 0 bridgehead atoms. The van der Waals surface area contributed by atoms with E-state index in [1.165, 1.54) is 11.1 Å². The normalized spacial score (nSPS) is 10.3. The van der Waals surface area contributed by atoms with Crippen LogP contribution in [0.15, 0.2) is 48.5 Å². The standard InChI is InChI=1S/C23H30N2O4/c1-3-18-6-10-20(11-7-18)28-16-22(26)24-14-5-15-25-23(27)17-29-21-12-8-19(4-2)9-13-21/h6-13H,3-5,14-17H2,1-2H3,(H,24,26)(H,25,27). The molecule has 2 rings (SSSR count). The second-order valence-corrected chi connectivity index (χ2v) is 6.63. The zero-order valence-electron chi connectivity index (χ0n) is 17.2. The molecule has 0 aliphatic carbocycles. The summed E-state index contributed by atoms with van der Waals surface area (Å²) in [7, 11) is 0. The Labute approximate surface area is 172 Å². The van der Waals surface area contributed by atoms with Gasteiger partial charge in [0.2, 0.25) is 0 Å². The summed E-state index contributed by atoms with van der Waals surface area (Å²) in [6.45, 7) is 5.06. The minimum Gasteiger partial charge on any atom is -0.484 e. The Bertz CT molecular complexity index is 692. The Balaban J connectivity index is 1.51. The van der Waals surface area contributed by atoms with Gasteiger partial charge in [0, 0.05) is 13.1 Å². The number of ether oxygens (including phenoxy) is 2. The summed E-state index contributed by atoms with van der Waals surface area (Å²) < 4.78 is 10.9. The average molecular weight is 399 g/mol. The summed E-state index contributed by atoms with van der Waals surface area (Å²) in [4.78, 5) is 23.6. The summed E-state index contributed by atoms with van der Waals surface area (Å²) in [6, 6.07) is 15.4. The maximum absolute atomic E-state index is 11.8. The highest BCUT2D eigenvalue weighted by atomic mass is 16.5. The van der Waals surface area contributed by atoms with E-state index in [1.54, 1.807) is 0 Å². The summed E-state index contributed by atoms with van der Waals surface area (Å²) in [5, 5.41) is 5.54. The number of rotatable bonds is 12. The summed E-state index contributed by atoms with van der Waals surface area (Å²) in [5.74, 6) is 0.979. The fourth-order valence-electron chi connectivity index (χ4n) is 2.59. The van der Waals surface area contributed by atoms with Crippen molar-refractivity contribution in [3.05, 3.63) is 59.7 Å². The minimum absolute atomic E-state index is 0.0253. The van der Waals surface area contributed by atoms with Gasteiger partial charge in [-0.25, -0.2) is 0 Å². The number of hydrogen-bond donors (Lipinski definition) is 2. The zero-order valence-corrected chi connectivity index (χ0v) is 17.2. The van der Waals surface area contributed by atoms with E-state index in [2.05, 4.69) is 24.5 Å². The molecule has 29 heavy (non-hydrogen) atoms. The number of amides is 2. The van der Waals surface area contributed by atoms with Crippen LogP contribution in [-0.4, -0.2) is 38.1 Å². The van der Waals surface area contributed by atoms with Crippen molar-refractivity contribution in [1.29, 1.82) is 0 Å². The molecule has 6 nitrogen and oxygen atoms in total. The number of carbonyl (C=O) groups is 2. The van der Waals surface area contributed by atoms with E-state index in [9.17, 15) is 9.59 Å². The van der Waals surface area contributed by atoms with Crippen LogP contribution < -0.4 is 20.1 Å². The van der Waals surface area contributed by atoms with Crippen molar-refractivity contribution in [3.8, 4) is 11.5 Å². The molecule has 2 aromatic carbocycles. The second kappa shape index (κ2) is 12.4. The largest absolute Gasteiger partial charge is 0.484 e. The fraction of sp³-hybridized carbons (Fsp3) is 0.391. The molecule has 0 radical (unpaired) electrons. The molecule has 0 saturated heterocycles. The van der Waals surface area contributed by atoms with E-state index in [0.29, 0.717) is 31.0 Å². The van der Waals surface area contributed by atoms with Crippen LogP contribution in [0.3, 0.4) is 0 Å². The van der Waals surface area contributed by atoms with Crippen molar-refractivity contribution in [2.45, 2.75) is 33.1 Å². The molecule has 2 N–H and O–H groups in total. The van der Waals surface area contributed by atoms with Crippen LogP contribution in [-0.2, 0) is 22.4 Å². The Morgan fingerprint density at radius 2 is 1.07 bits per heavy atom. The molecule has 0 aliphatic rings. The van der Waals surface area contributed by atoms with Crippen molar-refractivity contribution in [2.75, 3.05) is 26.3 Å². The smallest absolute Gasteiger partial charge is 0.257 e. The van der Waals surface area contributed by atoms with Gasteiger partial charge in [-0.15, -0.1) is 0 Å². The Kier molecular flexibility index (Phi) is 9.55. The lowest BCUT2D eigenvalue weighted by molar-refractivity contribution is -0.123. The van der Waals surface area contributed by atoms with Gasteiger partial charge in [0.15, 0.2) is 13.2 Å². The second-order valence-electron chi connectivity index (χ2n) is 6.63.